The minimum Gasteiger partial charge on any atom is -0.339 e. The summed E-state index contributed by atoms with van der Waals surface area (Å²) >= 11 is 0. The van der Waals surface area contributed by atoms with Crippen LogP contribution in [-0.2, 0) is 4.79 Å². The summed E-state index contributed by atoms with van der Waals surface area (Å²) in [5.41, 5.74) is 2.37. The summed E-state index contributed by atoms with van der Waals surface area (Å²) in [4.78, 5) is 26.9. The van der Waals surface area contributed by atoms with Crippen LogP contribution in [0, 0.1) is 0 Å². The standard InChI is InChI=1S/C23H31N3O2/c1-4-14-26(15-5-2)23(28)20-12-9-13-21(16-20)25-22(27)17-24-18(3)19-10-7-6-8-11-19/h6-13,16,18,24H,4-5,14-15,17H2,1-3H3,(H,25,27). The Kier molecular flexibility index (Phi) is 8.69. The number of nitrogens with zero attached hydrogens (tertiary/aromatic N) is 1. The van der Waals surface area contributed by atoms with Gasteiger partial charge >= 0.3 is 0 Å². The number of amides is 2. The maximum absolute atomic E-state index is 12.7. The summed E-state index contributed by atoms with van der Waals surface area (Å²) in [6, 6.07) is 17.2. The molecule has 0 aliphatic rings. The Labute approximate surface area is 168 Å². The van der Waals surface area contributed by atoms with Gasteiger partial charge < -0.3 is 15.5 Å². The van der Waals surface area contributed by atoms with Crippen LogP contribution in [0.3, 0.4) is 0 Å². The van der Waals surface area contributed by atoms with Crippen LogP contribution >= 0.6 is 0 Å². The van der Waals surface area contributed by atoms with Gasteiger partial charge in [0.1, 0.15) is 0 Å². The van der Waals surface area contributed by atoms with Gasteiger partial charge in [-0.2, -0.15) is 0 Å². The smallest absolute Gasteiger partial charge is 0.253 e. The highest BCUT2D eigenvalue weighted by molar-refractivity contribution is 5.97. The van der Waals surface area contributed by atoms with Crippen molar-refractivity contribution in [2.75, 3.05) is 25.0 Å². The number of anilines is 1. The molecular weight excluding hydrogens is 350 g/mol. The number of nitrogens with one attached hydrogen (secondary N) is 2. The number of carbonyl (C=O) groups excluding carboxylic acids is 2. The lowest BCUT2D eigenvalue weighted by molar-refractivity contribution is -0.115. The van der Waals surface area contributed by atoms with Crippen molar-refractivity contribution in [1.29, 1.82) is 0 Å². The minimum atomic E-state index is -0.133. The molecule has 0 aliphatic heterocycles. The van der Waals surface area contributed by atoms with Crippen LogP contribution in [-0.4, -0.2) is 36.3 Å². The van der Waals surface area contributed by atoms with Gasteiger partial charge in [0.2, 0.25) is 5.91 Å². The summed E-state index contributed by atoms with van der Waals surface area (Å²) in [6.45, 7) is 7.84. The molecule has 0 aromatic heterocycles. The molecule has 0 saturated carbocycles. The summed E-state index contributed by atoms with van der Waals surface area (Å²) in [5, 5.41) is 6.10. The second-order valence-corrected chi connectivity index (χ2v) is 6.93. The van der Waals surface area contributed by atoms with Gasteiger partial charge in [0, 0.05) is 30.4 Å². The number of hydrogen-bond acceptors (Lipinski definition) is 3. The quantitative estimate of drug-likeness (QED) is 0.647. The van der Waals surface area contributed by atoms with Crippen molar-refractivity contribution in [3.05, 3.63) is 65.7 Å². The van der Waals surface area contributed by atoms with E-state index in [1.807, 2.05) is 42.2 Å². The molecule has 0 radical (unpaired) electrons. The first-order valence-electron chi connectivity index (χ1n) is 10.0. The third-order valence-corrected chi connectivity index (χ3v) is 4.54. The largest absolute Gasteiger partial charge is 0.339 e. The molecule has 0 aliphatic carbocycles. The zero-order valence-electron chi connectivity index (χ0n) is 17.1. The van der Waals surface area contributed by atoms with Gasteiger partial charge in [-0.1, -0.05) is 50.2 Å². The lowest BCUT2D eigenvalue weighted by Crippen LogP contribution is -2.32. The molecule has 2 aromatic carbocycles. The predicted octanol–water partition coefficient (Wildman–Crippen LogP) is 4.24. The van der Waals surface area contributed by atoms with Gasteiger partial charge in [-0.15, -0.1) is 0 Å². The third kappa shape index (κ3) is 6.50. The molecule has 28 heavy (non-hydrogen) atoms. The second kappa shape index (κ2) is 11.2. The first-order chi connectivity index (χ1) is 13.5. The Morgan fingerprint density at radius 3 is 2.29 bits per heavy atom. The number of hydrogen-bond donors (Lipinski definition) is 2. The lowest BCUT2D eigenvalue weighted by Gasteiger charge is -2.21. The maximum Gasteiger partial charge on any atom is 0.253 e. The van der Waals surface area contributed by atoms with E-state index >= 15 is 0 Å². The van der Waals surface area contributed by atoms with E-state index in [1.165, 1.54) is 0 Å². The predicted molar refractivity (Wildman–Crippen MR) is 114 cm³/mol. The monoisotopic (exact) mass is 381 g/mol. The van der Waals surface area contributed by atoms with E-state index in [-0.39, 0.29) is 24.4 Å². The highest BCUT2D eigenvalue weighted by atomic mass is 16.2. The molecule has 0 fully saturated rings. The van der Waals surface area contributed by atoms with E-state index in [9.17, 15) is 9.59 Å². The molecule has 5 heteroatoms. The van der Waals surface area contributed by atoms with E-state index in [0.29, 0.717) is 11.3 Å². The van der Waals surface area contributed by atoms with Crippen molar-refractivity contribution in [1.82, 2.24) is 10.2 Å². The Hall–Kier alpha value is -2.66. The first-order valence-corrected chi connectivity index (χ1v) is 10.0. The highest BCUT2D eigenvalue weighted by Gasteiger charge is 2.15. The molecule has 2 aromatic rings. The average Bonchev–Trinajstić information content (AvgIpc) is 2.72. The fraction of sp³-hybridized carbons (Fsp3) is 0.391. The van der Waals surface area contributed by atoms with Gasteiger partial charge in [-0.25, -0.2) is 0 Å². The Balaban J connectivity index is 1.94. The van der Waals surface area contributed by atoms with Crippen molar-refractivity contribution in [2.45, 2.75) is 39.7 Å². The van der Waals surface area contributed by atoms with Crippen LogP contribution in [0.1, 0.15) is 55.6 Å². The Bertz CT molecular complexity index is 755. The number of benzene rings is 2. The molecular formula is C23H31N3O2. The zero-order valence-corrected chi connectivity index (χ0v) is 17.1. The van der Waals surface area contributed by atoms with Crippen molar-refractivity contribution in [2.24, 2.45) is 0 Å². The van der Waals surface area contributed by atoms with Crippen LogP contribution in [0.15, 0.2) is 54.6 Å². The molecule has 1 unspecified atom stereocenters. The van der Waals surface area contributed by atoms with Crippen molar-refractivity contribution in [3.8, 4) is 0 Å². The van der Waals surface area contributed by atoms with Gasteiger partial charge in [0.15, 0.2) is 0 Å². The van der Waals surface area contributed by atoms with Gasteiger partial charge in [0.25, 0.3) is 5.91 Å². The molecule has 0 heterocycles. The molecule has 150 valence electrons. The third-order valence-electron chi connectivity index (χ3n) is 4.54. The van der Waals surface area contributed by atoms with Crippen LogP contribution in [0.2, 0.25) is 0 Å². The first kappa shape index (κ1) is 21.6. The van der Waals surface area contributed by atoms with E-state index in [1.54, 1.807) is 24.3 Å². The van der Waals surface area contributed by atoms with E-state index in [4.69, 9.17) is 0 Å². The fourth-order valence-corrected chi connectivity index (χ4v) is 3.08. The summed E-state index contributed by atoms with van der Waals surface area (Å²) in [7, 11) is 0. The summed E-state index contributed by atoms with van der Waals surface area (Å²) < 4.78 is 0. The Morgan fingerprint density at radius 1 is 0.964 bits per heavy atom. The normalized spacial score (nSPS) is 11.7. The van der Waals surface area contributed by atoms with Crippen molar-refractivity contribution in [3.63, 3.8) is 0 Å². The number of carbonyl (C=O) groups is 2. The van der Waals surface area contributed by atoms with Gasteiger partial charge in [-0.3, -0.25) is 9.59 Å². The minimum absolute atomic E-state index is 0.00984. The van der Waals surface area contributed by atoms with Crippen molar-refractivity contribution < 1.29 is 9.59 Å². The van der Waals surface area contributed by atoms with Gasteiger partial charge in [-0.05, 0) is 43.5 Å². The molecule has 2 N–H and O–H groups in total. The fourth-order valence-electron chi connectivity index (χ4n) is 3.08. The molecule has 0 spiro atoms. The van der Waals surface area contributed by atoms with E-state index in [0.717, 1.165) is 31.5 Å². The summed E-state index contributed by atoms with van der Waals surface area (Å²) in [5.74, 6) is -0.123. The molecule has 2 amide bonds. The molecule has 0 saturated heterocycles. The van der Waals surface area contributed by atoms with Crippen LogP contribution < -0.4 is 10.6 Å². The highest BCUT2D eigenvalue weighted by Crippen LogP contribution is 2.14. The van der Waals surface area contributed by atoms with Crippen LogP contribution in [0.25, 0.3) is 0 Å². The van der Waals surface area contributed by atoms with Gasteiger partial charge in [0.05, 0.1) is 6.54 Å². The topological polar surface area (TPSA) is 61.4 Å². The molecule has 1 atom stereocenters. The average molecular weight is 382 g/mol. The molecule has 2 rings (SSSR count). The summed E-state index contributed by atoms with van der Waals surface area (Å²) in [6.07, 6.45) is 1.85. The molecule has 0 bridgehead atoms. The zero-order chi connectivity index (χ0) is 20.4. The van der Waals surface area contributed by atoms with E-state index in [2.05, 4.69) is 24.5 Å². The van der Waals surface area contributed by atoms with Crippen molar-refractivity contribution >= 4 is 17.5 Å². The second-order valence-electron chi connectivity index (χ2n) is 6.93. The van der Waals surface area contributed by atoms with E-state index < -0.39 is 0 Å². The molecule has 5 nitrogen and oxygen atoms in total. The lowest BCUT2D eigenvalue weighted by atomic mass is 10.1. The van der Waals surface area contributed by atoms with Crippen LogP contribution in [0.4, 0.5) is 5.69 Å². The number of rotatable bonds is 10. The maximum atomic E-state index is 12.7. The van der Waals surface area contributed by atoms with Crippen LogP contribution in [0.5, 0.6) is 0 Å². The SMILES string of the molecule is CCCN(CCC)C(=O)c1cccc(NC(=O)CNC(C)c2ccccc2)c1. The Morgan fingerprint density at radius 2 is 1.64 bits per heavy atom.